The zero-order valence-electron chi connectivity index (χ0n) is 15.3. The minimum atomic E-state index is -0.284. The molecule has 1 aromatic carbocycles. The molecule has 0 unspecified atom stereocenters. The molecule has 0 aliphatic heterocycles. The van der Waals surface area contributed by atoms with Crippen molar-refractivity contribution in [2.24, 2.45) is 0 Å². The minimum Gasteiger partial charge on any atom is -0.340 e. The van der Waals surface area contributed by atoms with Crippen LogP contribution in [0.4, 0.5) is 0 Å². The highest BCUT2D eigenvalue weighted by Crippen LogP contribution is 2.23. The van der Waals surface area contributed by atoms with E-state index in [0.717, 1.165) is 10.6 Å². The van der Waals surface area contributed by atoms with Crippen molar-refractivity contribution in [3.05, 3.63) is 68.2 Å². The topological polar surface area (TPSA) is 83.9 Å². The number of thiophene rings is 1. The zero-order valence-corrected chi connectivity index (χ0v) is 17.7. The van der Waals surface area contributed by atoms with Crippen LogP contribution in [-0.2, 0) is 11.3 Å². The SMILES string of the molecule is CN(Cc1ccc(Cl)s1)C(=O)CSc1nc2c(cnn2-c2ccccc2)c(=O)[nH]1. The highest BCUT2D eigenvalue weighted by molar-refractivity contribution is 7.99. The summed E-state index contributed by atoms with van der Waals surface area (Å²) in [7, 11) is 1.74. The number of aromatic nitrogens is 4. The summed E-state index contributed by atoms with van der Waals surface area (Å²) in [6.45, 7) is 0.487. The third-order valence-corrected chi connectivity index (χ3v) is 6.27. The van der Waals surface area contributed by atoms with Crippen molar-refractivity contribution >= 4 is 51.6 Å². The summed E-state index contributed by atoms with van der Waals surface area (Å²) in [6.07, 6.45) is 1.49. The minimum absolute atomic E-state index is 0.0705. The molecule has 0 spiro atoms. The Hall–Kier alpha value is -2.62. The molecule has 1 amide bonds. The van der Waals surface area contributed by atoms with E-state index in [2.05, 4.69) is 15.1 Å². The summed E-state index contributed by atoms with van der Waals surface area (Å²) in [4.78, 5) is 34.7. The Kier molecular flexibility index (Phi) is 5.70. The fourth-order valence-corrected chi connectivity index (χ4v) is 4.66. The maximum atomic E-state index is 12.5. The number of thioether (sulfide) groups is 1. The Bertz CT molecular complexity index is 1220. The van der Waals surface area contributed by atoms with E-state index in [1.54, 1.807) is 16.6 Å². The van der Waals surface area contributed by atoms with Crippen molar-refractivity contribution in [2.75, 3.05) is 12.8 Å². The summed E-state index contributed by atoms with van der Waals surface area (Å²) in [5.41, 5.74) is 0.979. The van der Waals surface area contributed by atoms with Crippen molar-refractivity contribution in [3.63, 3.8) is 0 Å². The Morgan fingerprint density at radius 3 is 2.79 bits per heavy atom. The van der Waals surface area contributed by atoms with Crippen LogP contribution in [0.3, 0.4) is 0 Å². The number of benzene rings is 1. The number of carbonyl (C=O) groups is 1. The molecule has 0 bridgehead atoms. The number of amides is 1. The van der Waals surface area contributed by atoms with E-state index >= 15 is 0 Å². The van der Waals surface area contributed by atoms with Gasteiger partial charge in [-0.2, -0.15) is 5.10 Å². The van der Waals surface area contributed by atoms with E-state index in [1.807, 2.05) is 42.5 Å². The molecule has 148 valence electrons. The smallest absolute Gasteiger partial charge is 0.262 e. The summed E-state index contributed by atoms with van der Waals surface area (Å²) in [6, 6.07) is 13.2. The van der Waals surface area contributed by atoms with Gasteiger partial charge in [-0.15, -0.1) is 11.3 Å². The van der Waals surface area contributed by atoms with Crippen LogP contribution < -0.4 is 5.56 Å². The molecule has 0 atom stereocenters. The molecule has 4 rings (SSSR count). The number of nitrogens with one attached hydrogen (secondary N) is 1. The average molecular weight is 446 g/mol. The fraction of sp³-hybridized carbons (Fsp3) is 0.158. The molecule has 0 saturated carbocycles. The van der Waals surface area contributed by atoms with E-state index in [9.17, 15) is 9.59 Å². The number of H-pyrrole nitrogens is 1. The number of para-hydroxylation sites is 1. The van der Waals surface area contributed by atoms with Gasteiger partial charge in [-0.1, -0.05) is 41.6 Å². The summed E-state index contributed by atoms with van der Waals surface area (Å²) < 4.78 is 2.31. The first-order valence-electron chi connectivity index (χ1n) is 8.66. The van der Waals surface area contributed by atoms with E-state index in [1.165, 1.54) is 29.3 Å². The normalized spacial score (nSPS) is 11.1. The maximum absolute atomic E-state index is 12.5. The van der Waals surface area contributed by atoms with E-state index in [4.69, 9.17) is 11.6 Å². The molecule has 3 aromatic heterocycles. The van der Waals surface area contributed by atoms with Gasteiger partial charge in [0.15, 0.2) is 10.8 Å². The largest absolute Gasteiger partial charge is 0.340 e. The van der Waals surface area contributed by atoms with Gasteiger partial charge in [0.1, 0.15) is 5.39 Å². The van der Waals surface area contributed by atoms with Crippen LogP contribution in [-0.4, -0.2) is 43.4 Å². The van der Waals surface area contributed by atoms with Gasteiger partial charge in [-0.3, -0.25) is 9.59 Å². The predicted octanol–water partition coefficient (Wildman–Crippen LogP) is 3.57. The molecule has 3 heterocycles. The molecule has 0 saturated heterocycles. The van der Waals surface area contributed by atoms with Gasteiger partial charge in [0.2, 0.25) is 5.91 Å². The second-order valence-electron chi connectivity index (χ2n) is 6.24. The maximum Gasteiger partial charge on any atom is 0.262 e. The van der Waals surface area contributed by atoms with Crippen LogP contribution >= 0.6 is 34.7 Å². The number of rotatable bonds is 6. The number of hydrogen-bond donors (Lipinski definition) is 1. The average Bonchev–Trinajstić information content (AvgIpc) is 3.33. The van der Waals surface area contributed by atoms with Crippen LogP contribution in [0.5, 0.6) is 0 Å². The number of hydrogen-bond acceptors (Lipinski definition) is 6. The van der Waals surface area contributed by atoms with Crippen LogP contribution in [0.1, 0.15) is 4.88 Å². The van der Waals surface area contributed by atoms with Crippen LogP contribution in [0.25, 0.3) is 16.7 Å². The lowest BCUT2D eigenvalue weighted by Crippen LogP contribution is -2.27. The third-order valence-electron chi connectivity index (χ3n) is 4.20. The molecule has 4 aromatic rings. The Balaban J connectivity index is 1.51. The van der Waals surface area contributed by atoms with E-state index in [0.29, 0.717) is 27.1 Å². The molecular formula is C19H16ClN5O2S2. The van der Waals surface area contributed by atoms with Crippen molar-refractivity contribution < 1.29 is 4.79 Å². The van der Waals surface area contributed by atoms with Crippen molar-refractivity contribution in [1.82, 2.24) is 24.6 Å². The number of nitrogens with zero attached hydrogens (tertiary/aromatic N) is 4. The van der Waals surface area contributed by atoms with Gasteiger partial charge in [0.25, 0.3) is 5.56 Å². The number of aromatic amines is 1. The van der Waals surface area contributed by atoms with Crippen molar-refractivity contribution in [1.29, 1.82) is 0 Å². The predicted molar refractivity (Wildman–Crippen MR) is 116 cm³/mol. The first-order chi connectivity index (χ1) is 14.0. The molecule has 10 heteroatoms. The fourth-order valence-electron chi connectivity index (χ4n) is 2.72. The standard InChI is InChI=1S/C19H16ClN5O2S2/c1-24(10-13-7-8-15(20)29-13)16(26)11-28-19-22-17-14(18(27)23-19)9-21-25(17)12-5-3-2-4-6-12/h2-9H,10-11H2,1H3,(H,22,23,27). The van der Waals surface area contributed by atoms with E-state index in [-0.39, 0.29) is 17.2 Å². The van der Waals surface area contributed by atoms with Gasteiger partial charge in [-0.05, 0) is 24.3 Å². The lowest BCUT2D eigenvalue weighted by Gasteiger charge is -2.15. The number of halogens is 1. The summed E-state index contributed by atoms with van der Waals surface area (Å²) >= 11 is 8.57. The quantitative estimate of drug-likeness (QED) is 0.362. The number of carbonyl (C=O) groups excluding carboxylic acids is 1. The molecule has 29 heavy (non-hydrogen) atoms. The lowest BCUT2D eigenvalue weighted by molar-refractivity contribution is -0.127. The van der Waals surface area contributed by atoms with E-state index < -0.39 is 0 Å². The van der Waals surface area contributed by atoms with Crippen LogP contribution in [0.2, 0.25) is 4.34 Å². The second kappa shape index (κ2) is 8.40. The van der Waals surface area contributed by atoms with Gasteiger partial charge in [0, 0.05) is 11.9 Å². The van der Waals surface area contributed by atoms with Gasteiger partial charge >= 0.3 is 0 Å². The Labute approximate surface area is 179 Å². The highest BCUT2D eigenvalue weighted by Gasteiger charge is 2.15. The van der Waals surface area contributed by atoms with Crippen LogP contribution in [0, 0.1) is 0 Å². The first kappa shape index (κ1) is 19.7. The molecule has 0 radical (unpaired) electrons. The molecule has 0 aliphatic rings. The summed E-state index contributed by atoms with van der Waals surface area (Å²) in [5, 5.41) is 5.06. The van der Waals surface area contributed by atoms with Gasteiger partial charge < -0.3 is 9.88 Å². The zero-order chi connectivity index (χ0) is 20.4. The monoisotopic (exact) mass is 445 g/mol. The third kappa shape index (κ3) is 4.36. The number of fused-ring (bicyclic) bond motifs is 1. The molecular weight excluding hydrogens is 430 g/mol. The lowest BCUT2D eigenvalue weighted by atomic mass is 10.3. The first-order valence-corrected chi connectivity index (χ1v) is 10.8. The van der Waals surface area contributed by atoms with Gasteiger partial charge in [0.05, 0.1) is 28.5 Å². The molecule has 7 nitrogen and oxygen atoms in total. The summed E-state index contributed by atoms with van der Waals surface area (Å²) in [5.74, 6) is 0.0858. The van der Waals surface area contributed by atoms with Gasteiger partial charge in [-0.25, -0.2) is 9.67 Å². The van der Waals surface area contributed by atoms with Crippen molar-refractivity contribution in [2.45, 2.75) is 11.7 Å². The highest BCUT2D eigenvalue weighted by atomic mass is 35.5. The second-order valence-corrected chi connectivity index (χ2v) is 9.01. The molecule has 1 N–H and O–H groups in total. The van der Waals surface area contributed by atoms with Crippen LogP contribution in [0.15, 0.2) is 58.6 Å². The molecule has 0 aliphatic carbocycles. The molecule has 0 fully saturated rings. The Morgan fingerprint density at radius 2 is 2.07 bits per heavy atom. The van der Waals surface area contributed by atoms with Crippen molar-refractivity contribution in [3.8, 4) is 5.69 Å². The Morgan fingerprint density at radius 1 is 1.28 bits per heavy atom.